The molecule has 0 radical (unpaired) electrons. The van der Waals surface area contributed by atoms with Crippen LogP contribution in [0.15, 0.2) is 162 Å². The Morgan fingerprint density at radius 2 is 1.16 bits per heavy atom. The van der Waals surface area contributed by atoms with Crippen LogP contribution in [0.1, 0.15) is 28.9 Å². The largest absolute Gasteiger partial charge is 0.456 e. The van der Waals surface area contributed by atoms with Crippen molar-refractivity contribution >= 4 is 54.3 Å². The lowest BCUT2D eigenvalue weighted by molar-refractivity contribution is 0.669. The van der Waals surface area contributed by atoms with Gasteiger partial charge in [0.2, 0.25) is 0 Å². The minimum atomic E-state index is -0.616. The average Bonchev–Trinajstić information content (AvgIpc) is 3.59. The van der Waals surface area contributed by atoms with E-state index < -0.39 is 85.0 Å². The summed E-state index contributed by atoms with van der Waals surface area (Å²) in [6, 6.07) is 18.1. The van der Waals surface area contributed by atoms with Gasteiger partial charge in [0.1, 0.15) is 11.2 Å². The SMILES string of the molecule is [2H]c1c([2H])c([2H])c(Cc2c3c([2H])c([2H])c([2H])c([2H])c3c(-c3ccc4oc5cc(-c6cccc7ccccc67)ccc5c4c3)c3c([2H])c([2H])c([2H])c([2H])c23)c([2H])c1[2H]. The second-order valence-corrected chi connectivity index (χ2v) is 10.7. The number of rotatable bonds is 4. The van der Waals surface area contributed by atoms with E-state index in [1.807, 2.05) is 42.5 Å². The van der Waals surface area contributed by atoms with Crippen molar-refractivity contribution in [2.75, 3.05) is 0 Å². The topological polar surface area (TPSA) is 13.1 Å². The molecule has 1 aromatic heterocycles. The molecule has 8 aromatic carbocycles. The van der Waals surface area contributed by atoms with E-state index in [4.69, 9.17) is 16.8 Å². The van der Waals surface area contributed by atoms with E-state index in [2.05, 4.69) is 18.2 Å². The summed E-state index contributed by atoms with van der Waals surface area (Å²) < 4.78 is 120. The van der Waals surface area contributed by atoms with Crippen LogP contribution >= 0.6 is 0 Å². The Morgan fingerprint density at radius 3 is 1.95 bits per heavy atom. The van der Waals surface area contributed by atoms with Crippen molar-refractivity contribution in [1.82, 2.24) is 0 Å². The first-order valence-electron chi connectivity index (χ1n) is 20.7. The fourth-order valence-corrected chi connectivity index (χ4v) is 6.29. The summed E-state index contributed by atoms with van der Waals surface area (Å²) >= 11 is 0. The van der Waals surface area contributed by atoms with Crippen LogP contribution in [0.4, 0.5) is 0 Å². The number of hydrogen-bond acceptors (Lipinski definition) is 1. The maximum atomic E-state index is 9.24. The molecule has 0 unspecified atom stereocenters. The molecule has 0 fully saturated rings. The lowest BCUT2D eigenvalue weighted by atomic mass is 9.86. The molecule has 0 atom stereocenters. The van der Waals surface area contributed by atoms with Crippen LogP contribution in [0.3, 0.4) is 0 Å². The number of benzene rings is 8. The Morgan fingerprint density at radius 1 is 0.477 bits per heavy atom. The Labute approximate surface area is 273 Å². The molecule has 0 N–H and O–H groups in total. The molecule has 0 saturated heterocycles. The van der Waals surface area contributed by atoms with E-state index in [1.54, 1.807) is 18.2 Å². The summed E-state index contributed by atoms with van der Waals surface area (Å²) in [6.45, 7) is 0. The summed E-state index contributed by atoms with van der Waals surface area (Å²) in [6.07, 6.45) is -0.488. The quantitative estimate of drug-likeness (QED) is 0.191. The third kappa shape index (κ3) is 3.94. The van der Waals surface area contributed by atoms with E-state index in [0.29, 0.717) is 22.1 Å². The maximum Gasteiger partial charge on any atom is 0.136 e. The predicted molar refractivity (Wildman–Crippen MR) is 186 cm³/mol. The van der Waals surface area contributed by atoms with Crippen LogP contribution in [0.2, 0.25) is 0 Å². The Hall–Kier alpha value is -5.66. The second-order valence-electron chi connectivity index (χ2n) is 10.7. The van der Waals surface area contributed by atoms with E-state index in [1.165, 1.54) is 0 Å². The highest BCUT2D eigenvalue weighted by molar-refractivity contribution is 6.17. The Kier molecular flexibility index (Phi) is 3.44. The van der Waals surface area contributed by atoms with Crippen LogP contribution in [0.5, 0.6) is 0 Å². The first kappa shape index (κ1) is 15.2. The summed E-state index contributed by atoms with van der Waals surface area (Å²) in [5, 5.41) is 3.36. The van der Waals surface area contributed by atoms with Gasteiger partial charge in [-0.2, -0.15) is 0 Å². The van der Waals surface area contributed by atoms with Crippen molar-refractivity contribution < 1.29 is 22.2 Å². The van der Waals surface area contributed by atoms with Gasteiger partial charge in [-0.3, -0.25) is 0 Å². The summed E-state index contributed by atoms with van der Waals surface area (Å²) in [4.78, 5) is 0. The van der Waals surface area contributed by atoms with E-state index >= 15 is 0 Å². The molecule has 9 aromatic rings. The minimum absolute atomic E-state index is 0.0166. The fourth-order valence-electron chi connectivity index (χ4n) is 6.29. The standard InChI is InChI=1S/C43H28O/c1-2-11-28(12-3-1)25-39-34-16-6-8-18-37(34)43(38-19-9-7-17-35(38)39)31-22-24-41-40(26-31)36-23-21-30(27-42(36)44-41)33-20-10-14-29-13-4-5-15-32(29)33/h1-24,26-27H,25H2/i1D,2D,3D,6D,7D,8D,9D,11D,12D,16D,17D,18D,19D. The molecule has 206 valence electrons. The number of fused-ring (bicyclic) bond motifs is 6. The van der Waals surface area contributed by atoms with Gasteiger partial charge in [0.15, 0.2) is 0 Å². The third-order valence-electron chi connectivity index (χ3n) is 8.24. The molecule has 1 nitrogen and oxygen atoms in total. The number of furan rings is 1. The van der Waals surface area contributed by atoms with Crippen molar-refractivity contribution in [3.05, 3.63) is 169 Å². The van der Waals surface area contributed by atoms with Gasteiger partial charge in [0, 0.05) is 10.8 Å². The molecule has 0 spiro atoms. The van der Waals surface area contributed by atoms with Gasteiger partial charge in [-0.15, -0.1) is 0 Å². The molecule has 0 aliphatic carbocycles. The lowest BCUT2D eigenvalue weighted by Crippen LogP contribution is -1.95. The summed E-state index contributed by atoms with van der Waals surface area (Å²) in [7, 11) is 0. The van der Waals surface area contributed by atoms with Crippen LogP contribution in [0.25, 0.3) is 76.5 Å². The zero-order chi connectivity index (χ0) is 40.3. The van der Waals surface area contributed by atoms with Crippen molar-refractivity contribution in [2.24, 2.45) is 0 Å². The monoisotopic (exact) mass is 573 g/mol. The lowest BCUT2D eigenvalue weighted by Gasteiger charge is -2.17. The van der Waals surface area contributed by atoms with Crippen LogP contribution in [-0.2, 0) is 6.42 Å². The van der Waals surface area contributed by atoms with Crippen LogP contribution in [-0.4, -0.2) is 0 Å². The van der Waals surface area contributed by atoms with Gasteiger partial charge in [-0.1, -0.05) is 133 Å². The predicted octanol–water partition coefficient (Wildman–Crippen LogP) is 12.0. The van der Waals surface area contributed by atoms with Crippen molar-refractivity contribution in [2.45, 2.75) is 6.42 Å². The molecular formula is C43H28O. The first-order valence-corrected chi connectivity index (χ1v) is 14.2. The number of hydrogen-bond donors (Lipinski definition) is 0. The van der Waals surface area contributed by atoms with Crippen molar-refractivity contribution in [1.29, 1.82) is 0 Å². The van der Waals surface area contributed by atoms with Gasteiger partial charge in [-0.25, -0.2) is 0 Å². The van der Waals surface area contributed by atoms with Gasteiger partial charge in [0.05, 0.1) is 17.8 Å². The van der Waals surface area contributed by atoms with Crippen LogP contribution < -0.4 is 0 Å². The summed E-state index contributed by atoms with van der Waals surface area (Å²) in [5.41, 5.74) is 3.41. The first-order chi connectivity index (χ1) is 27.2. The van der Waals surface area contributed by atoms with Crippen molar-refractivity contribution in [3.8, 4) is 22.3 Å². The highest BCUT2D eigenvalue weighted by Crippen LogP contribution is 2.42. The molecule has 0 saturated carbocycles. The molecular weight excluding hydrogens is 532 g/mol. The average molecular weight is 574 g/mol. The van der Waals surface area contributed by atoms with Crippen LogP contribution in [0, 0.1) is 0 Å². The van der Waals surface area contributed by atoms with Crippen molar-refractivity contribution in [3.63, 3.8) is 0 Å². The normalized spacial score (nSPS) is 15.9. The molecule has 1 heteroatoms. The summed E-state index contributed by atoms with van der Waals surface area (Å²) in [5.74, 6) is 0. The third-order valence-corrected chi connectivity index (χ3v) is 8.24. The minimum Gasteiger partial charge on any atom is -0.456 e. The molecule has 44 heavy (non-hydrogen) atoms. The highest BCUT2D eigenvalue weighted by Gasteiger charge is 2.17. The smallest absolute Gasteiger partial charge is 0.136 e. The Bertz CT molecular complexity index is 3140. The van der Waals surface area contributed by atoms with Gasteiger partial charge in [-0.05, 0) is 96.4 Å². The molecule has 0 bridgehead atoms. The second kappa shape index (κ2) is 9.97. The highest BCUT2D eigenvalue weighted by atomic mass is 16.3. The Balaban J connectivity index is 1.38. The van der Waals surface area contributed by atoms with E-state index in [0.717, 1.165) is 27.3 Å². The van der Waals surface area contributed by atoms with E-state index in [-0.39, 0.29) is 38.2 Å². The van der Waals surface area contributed by atoms with E-state index in [9.17, 15) is 5.48 Å². The molecule has 9 rings (SSSR count). The zero-order valence-corrected chi connectivity index (χ0v) is 23.1. The molecule has 1 heterocycles. The molecule has 0 amide bonds. The zero-order valence-electron chi connectivity index (χ0n) is 36.1. The fraction of sp³-hybridized carbons (Fsp3) is 0.0233. The van der Waals surface area contributed by atoms with Gasteiger partial charge < -0.3 is 4.42 Å². The maximum absolute atomic E-state index is 9.24. The van der Waals surface area contributed by atoms with Gasteiger partial charge >= 0.3 is 0 Å². The molecule has 0 aliphatic rings. The molecule has 0 aliphatic heterocycles. The van der Waals surface area contributed by atoms with Gasteiger partial charge in [0.25, 0.3) is 0 Å².